The highest BCUT2D eigenvalue weighted by molar-refractivity contribution is 9.10. The van der Waals surface area contributed by atoms with Gasteiger partial charge in [0, 0.05) is 12.1 Å². The van der Waals surface area contributed by atoms with Crippen LogP contribution >= 0.6 is 15.9 Å². The van der Waals surface area contributed by atoms with Gasteiger partial charge in [0.25, 0.3) is 0 Å². The Morgan fingerprint density at radius 1 is 0.783 bits per heavy atom. The largest absolute Gasteiger partial charge is 0.488 e. The van der Waals surface area contributed by atoms with E-state index in [1.807, 2.05) is 72.8 Å². The van der Waals surface area contributed by atoms with E-state index in [0.29, 0.717) is 19.0 Å². The van der Waals surface area contributed by atoms with Crippen LogP contribution in [0.2, 0.25) is 0 Å². The molecule has 0 saturated carbocycles. The fraction of sp³-hybridized carbons (Fsp3) is 0.100. The number of hydrogen-bond acceptors (Lipinski definition) is 2. The fourth-order valence-corrected chi connectivity index (χ4v) is 2.44. The normalized spacial score (nSPS) is 10.3. The smallest absolute Gasteiger partial charge is 0.137 e. The maximum absolute atomic E-state index is 5.87. The molecule has 1 radical (unpaired) electrons. The molecule has 0 aliphatic rings. The molecule has 0 aromatic heterocycles. The van der Waals surface area contributed by atoms with E-state index in [1.54, 1.807) is 0 Å². The van der Waals surface area contributed by atoms with Crippen LogP contribution in [0.4, 0.5) is 0 Å². The molecular weight excluding hydrogens is 352 g/mol. The van der Waals surface area contributed by atoms with Gasteiger partial charge in [0.2, 0.25) is 0 Å². The SMILES string of the molecule is Brc1c[c]c(OCc2ccccc2)cc1OCc1ccccc1. The van der Waals surface area contributed by atoms with Crippen molar-refractivity contribution in [3.63, 3.8) is 0 Å². The van der Waals surface area contributed by atoms with Gasteiger partial charge in [0.1, 0.15) is 24.7 Å². The Morgan fingerprint density at radius 3 is 1.96 bits per heavy atom. The Kier molecular flexibility index (Phi) is 5.33. The lowest BCUT2D eigenvalue weighted by atomic mass is 10.2. The molecule has 0 atom stereocenters. The van der Waals surface area contributed by atoms with Crippen molar-refractivity contribution in [2.75, 3.05) is 0 Å². The minimum Gasteiger partial charge on any atom is -0.488 e. The molecule has 0 bridgehead atoms. The van der Waals surface area contributed by atoms with Gasteiger partial charge in [-0.05, 0) is 33.1 Å². The van der Waals surface area contributed by atoms with Gasteiger partial charge in [-0.2, -0.15) is 0 Å². The van der Waals surface area contributed by atoms with Crippen LogP contribution in [0.5, 0.6) is 11.5 Å². The van der Waals surface area contributed by atoms with E-state index < -0.39 is 0 Å². The van der Waals surface area contributed by atoms with Crippen molar-refractivity contribution in [2.24, 2.45) is 0 Å². The molecule has 23 heavy (non-hydrogen) atoms. The van der Waals surface area contributed by atoms with Gasteiger partial charge in [-0.15, -0.1) is 0 Å². The zero-order valence-electron chi connectivity index (χ0n) is 12.5. The van der Waals surface area contributed by atoms with Crippen LogP contribution in [0, 0.1) is 6.07 Å². The molecule has 0 aliphatic carbocycles. The quantitative estimate of drug-likeness (QED) is 0.579. The lowest BCUT2D eigenvalue weighted by molar-refractivity contribution is 0.288. The molecule has 0 unspecified atom stereocenters. The first-order valence-corrected chi connectivity index (χ1v) is 8.15. The zero-order valence-corrected chi connectivity index (χ0v) is 14.1. The van der Waals surface area contributed by atoms with Crippen LogP contribution in [0.1, 0.15) is 11.1 Å². The first-order valence-electron chi connectivity index (χ1n) is 7.36. The number of rotatable bonds is 6. The lowest BCUT2D eigenvalue weighted by Crippen LogP contribution is -1.98. The van der Waals surface area contributed by atoms with Gasteiger partial charge >= 0.3 is 0 Å². The molecule has 0 saturated heterocycles. The fourth-order valence-electron chi connectivity index (χ4n) is 2.10. The Balaban J connectivity index is 1.64. The van der Waals surface area contributed by atoms with Gasteiger partial charge in [-0.3, -0.25) is 0 Å². The molecule has 115 valence electrons. The van der Waals surface area contributed by atoms with Gasteiger partial charge in [0.05, 0.1) is 4.47 Å². The Bertz CT molecular complexity index is 742. The molecule has 0 heterocycles. The number of hydrogen-bond donors (Lipinski definition) is 0. The second-order valence-corrected chi connectivity index (χ2v) is 5.91. The molecule has 0 amide bonds. The summed E-state index contributed by atoms with van der Waals surface area (Å²) in [7, 11) is 0. The highest BCUT2D eigenvalue weighted by atomic mass is 79.9. The number of halogens is 1. The third-order valence-corrected chi connectivity index (χ3v) is 3.93. The van der Waals surface area contributed by atoms with Gasteiger partial charge in [-0.25, -0.2) is 0 Å². The van der Waals surface area contributed by atoms with Crippen LogP contribution in [0.3, 0.4) is 0 Å². The molecular formula is C20H16BrO2. The van der Waals surface area contributed by atoms with Crippen molar-refractivity contribution in [2.45, 2.75) is 13.2 Å². The second kappa shape index (κ2) is 7.84. The molecule has 0 fully saturated rings. The molecule has 3 rings (SSSR count). The van der Waals surface area contributed by atoms with E-state index in [9.17, 15) is 0 Å². The third-order valence-electron chi connectivity index (χ3n) is 3.31. The van der Waals surface area contributed by atoms with Gasteiger partial charge in [0.15, 0.2) is 0 Å². The summed E-state index contributed by atoms with van der Waals surface area (Å²) in [6.07, 6.45) is 0. The minimum absolute atomic E-state index is 0.511. The summed E-state index contributed by atoms with van der Waals surface area (Å²) in [6, 6.07) is 26.9. The average molecular weight is 368 g/mol. The summed E-state index contributed by atoms with van der Waals surface area (Å²) in [5.74, 6) is 1.41. The standard InChI is InChI=1S/C20H16BrO2/c21-19-12-11-18(22-14-16-7-3-1-4-8-16)13-20(19)23-15-17-9-5-2-6-10-17/h1-10,12-13H,14-15H2. The van der Waals surface area contributed by atoms with E-state index in [0.717, 1.165) is 21.3 Å². The maximum atomic E-state index is 5.87. The Hall–Kier alpha value is -2.26. The molecule has 0 aliphatic heterocycles. The summed E-state index contributed by atoms with van der Waals surface area (Å²) < 4.78 is 12.5. The van der Waals surface area contributed by atoms with Gasteiger partial charge < -0.3 is 9.47 Å². The molecule has 3 heteroatoms. The van der Waals surface area contributed by atoms with E-state index in [4.69, 9.17) is 9.47 Å². The van der Waals surface area contributed by atoms with Crippen LogP contribution in [0.25, 0.3) is 0 Å². The van der Waals surface area contributed by atoms with Crippen molar-refractivity contribution in [1.29, 1.82) is 0 Å². The maximum Gasteiger partial charge on any atom is 0.137 e. The first kappa shape index (κ1) is 15.6. The Labute approximate surface area is 144 Å². The number of ether oxygens (including phenoxy) is 2. The lowest BCUT2D eigenvalue weighted by Gasteiger charge is -2.11. The predicted molar refractivity (Wildman–Crippen MR) is 94.5 cm³/mol. The van der Waals surface area contributed by atoms with Crippen molar-refractivity contribution >= 4 is 15.9 Å². The summed E-state index contributed by atoms with van der Waals surface area (Å²) in [4.78, 5) is 0. The highest BCUT2D eigenvalue weighted by Gasteiger charge is 2.05. The zero-order chi connectivity index (χ0) is 15.9. The summed E-state index contributed by atoms with van der Waals surface area (Å²) in [5, 5.41) is 0. The topological polar surface area (TPSA) is 18.5 Å². The van der Waals surface area contributed by atoms with Crippen LogP contribution in [-0.2, 0) is 13.2 Å². The molecule has 3 aromatic rings. The van der Waals surface area contributed by atoms with Crippen LogP contribution < -0.4 is 9.47 Å². The van der Waals surface area contributed by atoms with Crippen molar-refractivity contribution < 1.29 is 9.47 Å². The average Bonchev–Trinajstić information content (AvgIpc) is 2.62. The third kappa shape index (κ3) is 4.60. The van der Waals surface area contributed by atoms with Crippen molar-refractivity contribution in [1.82, 2.24) is 0 Å². The van der Waals surface area contributed by atoms with E-state index in [2.05, 4.69) is 22.0 Å². The molecule has 0 N–H and O–H groups in total. The van der Waals surface area contributed by atoms with Crippen LogP contribution in [-0.4, -0.2) is 0 Å². The summed E-state index contributed by atoms with van der Waals surface area (Å²) >= 11 is 3.49. The van der Waals surface area contributed by atoms with E-state index in [-0.39, 0.29) is 0 Å². The first-order chi connectivity index (χ1) is 11.3. The summed E-state index contributed by atoms with van der Waals surface area (Å²) in [5.41, 5.74) is 2.24. The molecule has 2 nitrogen and oxygen atoms in total. The second-order valence-electron chi connectivity index (χ2n) is 5.06. The van der Waals surface area contributed by atoms with Gasteiger partial charge in [-0.1, -0.05) is 60.7 Å². The van der Waals surface area contributed by atoms with Crippen molar-refractivity contribution in [3.05, 3.63) is 94.5 Å². The monoisotopic (exact) mass is 367 g/mol. The minimum atomic E-state index is 0.511. The number of benzene rings is 3. The van der Waals surface area contributed by atoms with E-state index >= 15 is 0 Å². The van der Waals surface area contributed by atoms with Crippen LogP contribution in [0.15, 0.2) is 77.3 Å². The molecule has 3 aromatic carbocycles. The van der Waals surface area contributed by atoms with Crippen molar-refractivity contribution in [3.8, 4) is 11.5 Å². The highest BCUT2D eigenvalue weighted by Crippen LogP contribution is 2.30. The molecule has 0 spiro atoms. The predicted octanol–water partition coefficient (Wildman–Crippen LogP) is 5.41. The Morgan fingerprint density at radius 2 is 1.35 bits per heavy atom. The summed E-state index contributed by atoms with van der Waals surface area (Å²) in [6.45, 7) is 1.03. The van der Waals surface area contributed by atoms with E-state index in [1.165, 1.54) is 0 Å².